The molecule has 0 spiro atoms. The summed E-state index contributed by atoms with van der Waals surface area (Å²) in [5.41, 5.74) is 2.96. The quantitative estimate of drug-likeness (QED) is 0.833. The Morgan fingerprint density at radius 3 is 2.28 bits per heavy atom. The molecule has 1 fully saturated rings. The van der Waals surface area contributed by atoms with Gasteiger partial charge >= 0.3 is 6.03 Å². The lowest BCUT2D eigenvalue weighted by molar-refractivity contribution is 0.208. The van der Waals surface area contributed by atoms with Crippen LogP contribution in [0.5, 0.6) is 11.5 Å². The molecule has 0 radical (unpaired) electrons. The summed E-state index contributed by atoms with van der Waals surface area (Å²) in [5.74, 6) is 1.60. The number of nitrogens with one attached hydrogen (secondary N) is 1. The van der Waals surface area contributed by atoms with Crippen LogP contribution < -0.4 is 19.7 Å². The molecule has 1 N–H and O–H groups in total. The Labute approximate surface area is 173 Å². The van der Waals surface area contributed by atoms with Gasteiger partial charge in [0.05, 0.1) is 19.9 Å². The number of piperazine rings is 1. The Kier molecular flexibility index (Phi) is 6.20. The third kappa shape index (κ3) is 4.75. The van der Waals surface area contributed by atoms with Crippen LogP contribution >= 0.6 is 0 Å². The van der Waals surface area contributed by atoms with Gasteiger partial charge in [0.2, 0.25) is 0 Å². The number of rotatable bonds is 4. The zero-order chi connectivity index (χ0) is 21.0. The van der Waals surface area contributed by atoms with E-state index in [0.29, 0.717) is 13.1 Å². The number of nitrogens with zero attached hydrogens (tertiary/aromatic N) is 2. The van der Waals surface area contributed by atoms with Crippen molar-refractivity contribution in [2.75, 3.05) is 50.6 Å². The molecule has 0 unspecified atom stereocenters. The van der Waals surface area contributed by atoms with Crippen molar-refractivity contribution in [2.45, 2.75) is 26.2 Å². The Hall–Kier alpha value is -2.89. The summed E-state index contributed by atoms with van der Waals surface area (Å²) in [5, 5.41) is 3.11. The Morgan fingerprint density at radius 1 is 0.966 bits per heavy atom. The van der Waals surface area contributed by atoms with Crippen molar-refractivity contribution in [1.29, 1.82) is 0 Å². The number of carbonyl (C=O) groups excluding carboxylic acids is 1. The SMILES string of the molecule is COc1ccc(OC)c(N2CCN(C(=O)Nc3ccccc3C(C)(C)C)CC2)c1. The van der Waals surface area contributed by atoms with Crippen LogP contribution in [-0.2, 0) is 5.41 Å². The summed E-state index contributed by atoms with van der Waals surface area (Å²) in [7, 11) is 3.32. The highest BCUT2D eigenvalue weighted by Gasteiger charge is 2.25. The van der Waals surface area contributed by atoms with Gasteiger partial charge in [-0.25, -0.2) is 4.79 Å². The molecule has 2 aromatic rings. The molecule has 1 saturated heterocycles. The van der Waals surface area contributed by atoms with E-state index in [1.54, 1.807) is 14.2 Å². The molecule has 29 heavy (non-hydrogen) atoms. The number of hydrogen-bond acceptors (Lipinski definition) is 4. The van der Waals surface area contributed by atoms with Crippen LogP contribution in [0.1, 0.15) is 26.3 Å². The lowest BCUT2D eigenvalue weighted by Crippen LogP contribution is -2.50. The van der Waals surface area contributed by atoms with Crippen LogP contribution in [0.15, 0.2) is 42.5 Å². The number of hydrogen-bond donors (Lipinski definition) is 1. The first-order valence-electron chi connectivity index (χ1n) is 9.96. The minimum Gasteiger partial charge on any atom is -0.497 e. The number of urea groups is 1. The molecule has 156 valence electrons. The van der Waals surface area contributed by atoms with E-state index in [0.717, 1.165) is 41.5 Å². The number of amides is 2. The minimum absolute atomic E-state index is 0.0362. The highest BCUT2D eigenvalue weighted by atomic mass is 16.5. The average molecular weight is 398 g/mol. The molecule has 6 heteroatoms. The van der Waals surface area contributed by atoms with Gasteiger partial charge in [-0.05, 0) is 29.2 Å². The van der Waals surface area contributed by atoms with Crippen LogP contribution in [0, 0.1) is 0 Å². The predicted octanol–water partition coefficient (Wildman–Crippen LogP) is 4.36. The largest absolute Gasteiger partial charge is 0.497 e. The number of ether oxygens (including phenoxy) is 2. The second-order valence-electron chi connectivity index (χ2n) is 8.24. The fourth-order valence-electron chi connectivity index (χ4n) is 3.63. The molecule has 0 saturated carbocycles. The molecule has 0 bridgehead atoms. The summed E-state index contributed by atoms with van der Waals surface area (Å²) in [4.78, 5) is 17.0. The Balaban J connectivity index is 1.67. The molecule has 1 heterocycles. The summed E-state index contributed by atoms with van der Waals surface area (Å²) >= 11 is 0. The molecule has 6 nitrogen and oxygen atoms in total. The van der Waals surface area contributed by atoms with E-state index < -0.39 is 0 Å². The van der Waals surface area contributed by atoms with Gasteiger partial charge in [0.1, 0.15) is 11.5 Å². The molecular formula is C23H31N3O3. The lowest BCUT2D eigenvalue weighted by Gasteiger charge is -2.37. The maximum absolute atomic E-state index is 12.9. The fraction of sp³-hybridized carbons (Fsp3) is 0.435. The van der Waals surface area contributed by atoms with E-state index >= 15 is 0 Å². The summed E-state index contributed by atoms with van der Waals surface area (Å²) in [6.07, 6.45) is 0. The third-order valence-corrected chi connectivity index (χ3v) is 5.27. The van der Waals surface area contributed by atoms with Crippen molar-refractivity contribution in [3.05, 3.63) is 48.0 Å². The van der Waals surface area contributed by atoms with Gasteiger partial charge in [-0.3, -0.25) is 0 Å². The highest BCUT2D eigenvalue weighted by Crippen LogP contribution is 2.33. The number of anilines is 2. The van der Waals surface area contributed by atoms with Crippen molar-refractivity contribution in [1.82, 2.24) is 4.90 Å². The van der Waals surface area contributed by atoms with Crippen LogP contribution in [0.4, 0.5) is 16.2 Å². The van der Waals surface area contributed by atoms with Gasteiger partial charge in [-0.1, -0.05) is 39.0 Å². The molecule has 3 rings (SSSR count). The number of carbonyl (C=O) groups is 1. The van der Waals surface area contributed by atoms with E-state index in [4.69, 9.17) is 9.47 Å². The second-order valence-corrected chi connectivity index (χ2v) is 8.24. The normalized spacial score (nSPS) is 14.5. The van der Waals surface area contributed by atoms with Crippen molar-refractivity contribution < 1.29 is 14.3 Å². The standard InChI is InChI=1S/C23H31N3O3/c1-23(2,3)18-8-6-7-9-19(18)24-22(27)26-14-12-25(13-15-26)20-16-17(28-4)10-11-21(20)29-5/h6-11,16H,12-15H2,1-5H3,(H,24,27). The summed E-state index contributed by atoms with van der Waals surface area (Å²) in [6, 6.07) is 13.7. The van der Waals surface area contributed by atoms with Gasteiger partial charge < -0.3 is 24.6 Å². The van der Waals surface area contributed by atoms with Crippen molar-refractivity contribution in [3.63, 3.8) is 0 Å². The van der Waals surface area contributed by atoms with Crippen LogP contribution in [0.25, 0.3) is 0 Å². The van der Waals surface area contributed by atoms with Crippen molar-refractivity contribution >= 4 is 17.4 Å². The maximum atomic E-state index is 12.9. The molecule has 0 aromatic heterocycles. The van der Waals surface area contributed by atoms with Crippen molar-refractivity contribution in [3.8, 4) is 11.5 Å². The zero-order valence-electron chi connectivity index (χ0n) is 18.0. The summed E-state index contributed by atoms with van der Waals surface area (Å²) in [6.45, 7) is 9.21. The molecule has 0 aliphatic carbocycles. The predicted molar refractivity (Wildman–Crippen MR) is 117 cm³/mol. The first-order valence-corrected chi connectivity index (χ1v) is 9.96. The van der Waals surface area contributed by atoms with E-state index in [9.17, 15) is 4.79 Å². The summed E-state index contributed by atoms with van der Waals surface area (Å²) < 4.78 is 10.9. The molecule has 1 aliphatic rings. The molecule has 0 atom stereocenters. The smallest absolute Gasteiger partial charge is 0.321 e. The van der Waals surface area contributed by atoms with Gasteiger partial charge in [0.15, 0.2) is 0 Å². The Morgan fingerprint density at radius 2 is 1.66 bits per heavy atom. The van der Waals surface area contributed by atoms with E-state index in [1.807, 2.05) is 41.3 Å². The number of para-hydroxylation sites is 1. The topological polar surface area (TPSA) is 54.0 Å². The van der Waals surface area contributed by atoms with E-state index in [1.165, 1.54) is 0 Å². The number of benzene rings is 2. The molecular weight excluding hydrogens is 366 g/mol. The minimum atomic E-state index is -0.0565. The van der Waals surface area contributed by atoms with Crippen molar-refractivity contribution in [2.24, 2.45) is 0 Å². The first-order chi connectivity index (χ1) is 13.8. The molecule has 2 amide bonds. The van der Waals surface area contributed by atoms with E-state index in [-0.39, 0.29) is 11.4 Å². The van der Waals surface area contributed by atoms with E-state index in [2.05, 4.69) is 37.1 Å². The van der Waals surface area contributed by atoms with Gasteiger partial charge in [0.25, 0.3) is 0 Å². The fourth-order valence-corrected chi connectivity index (χ4v) is 3.63. The monoisotopic (exact) mass is 397 g/mol. The first kappa shape index (κ1) is 20.8. The zero-order valence-corrected chi connectivity index (χ0v) is 18.0. The Bertz CT molecular complexity index is 853. The van der Waals surface area contributed by atoms with Crippen LogP contribution in [0.3, 0.4) is 0 Å². The second kappa shape index (κ2) is 8.64. The molecule has 2 aromatic carbocycles. The third-order valence-electron chi connectivity index (χ3n) is 5.27. The van der Waals surface area contributed by atoms with Crippen LogP contribution in [-0.4, -0.2) is 51.3 Å². The average Bonchev–Trinajstić information content (AvgIpc) is 2.73. The van der Waals surface area contributed by atoms with Crippen LogP contribution in [0.2, 0.25) is 0 Å². The lowest BCUT2D eigenvalue weighted by atomic mass is 9.86. The molecule has 1 aliphatic heterocycles. The van der Waals surface area contributed by atoms with Gasteiger partial charge in [0, 0.05) is 37.9 Å². The maximum Gasteiger partial charge on any atom is 0.321 e. The van der Waals surface area contributed by atoms with Gasteiger partial charge in [-0.2, -0.15) is 0 Å². The van der Waals surface area contributed by atoms with Gasteiger partial charge in [-0.15, -0.1) is 0 Å². The number of methoxy groups -OCH3 is 2. The highest BCUT2D eigenvalue weighted by molar-refractivity contribution is 5.90.